The van der Waals surface area contributed by atoms with Gasteiger partial charge in [0.25, 0.3) is 5.91 Å². The summed E-state index contributed by atoms with van der Waals surface area (Å²) < 4.78 is 4.78. The monoisotopic (exact) mass is 290 g/mol. The highest BCUT2D eigenvalue weighted by molar-refractivity contribution is 5.92. The summed E-state index contributed by atoms with van der Waals surface area (Å²) in [4.78, 5) is 25.0. The van der Waals surface area contributed by atoms with Crippen LogP contribution >= 0.6 is 0 Å². The Hall–Kier alpha value is -2.04. The van der Waals surface area contributed by atoms with Crippen LogP contribution in [-0.2, 0) is 14.3 Å². The average Bonchev–Trinajstić information content (AvgIpc) is 2.54. The highest BCUT2D eigenvalue weighted by atomic mass is 16.5. The number of benzene rings is 1. The van der Waals surface area contributed by atoms with E-state index < -0.39 is 0 Å². The van der Waals surface area contributed by atoms with Crippen LogP contribution < -0.4 is 10.2 Å². The molecular formula is C16H22N2O3. The minimum absolute atomic E-state index is 0.236. The van der Waals surface area contributed by atoms with Crippen LogP contribution in [0.15, 0.2) is 24.3 Å². The van der Waals surface area contributed by atoms with Gasteiger partial charge in [0.15, 0.2) is 6.61 Å². The number of carbonyl (C=O) groups excluding carboxylic acids is 2. The molecule has 0 bridgehead atoms. The number of amides is 1. The minimum Gasteiger partial charge on any atom is -0.456 e. The molecule has 0 saturated carbocycles. The molecule has 0 spiro atoms. The Labute approximate surface area is 125 Å². The molecule has 1 aromatic rings. The third-order valence-electron chi connectivity index (χ3n) is 3.53. The smallest absolute Gasteiger partial charge is 0.306 e. The number of hydrogen-bond donors (Lipinski definition) is 1. The Bertz CT molecular complexity index is 479. The molecule has 5 heteroatoms. The van der Waals surface area contributed by atoms with Crippen LogP contribution in [0, 0.1) is 0 Å². The maximum absolute atomic E-state index is 11.6. The van der Waals surface area contributed by atoms with Crippen molar-refractivity contribution in [2.75, 3.05) is 29.9 Å². The van der Waals surface area contributed by atoms with E-state index in [2.05, 4.69) is 10.2 Å². The van der Waals surface area contributed by atoms with Gasteiger partial charge in [-0.25, -0.2) is 0 Å². The molecule has 114 valence electrons. The van der Waals surface area contributed by atoms with E-state index in [1.54, 1.807) is 6.92 Å². The Morgan fingerprint density at radius 1 is 1.14 bits per heavy atom. The first-order chi connectivity index (χ1) is 10.2. The molecule has 0 atom stereocenters. The average molecular weight is 290 g/mol. The fourth-order valence-electron chi connectivity index (χ4n) is 2.35. The maximum Gasteiger partial charge on any atom is 0.306 e. The van der Waals surface area contributed by atoms with E-state index in [-0.39, 0.29) is 24.9 Å². The molecule has 0 unspecified atom stereocenters. The Morgan fingerprint density at radius 3 is 2.43 bits per heavy atom. The number of ether oxygens (including phenoxy) is 1. The van der Waals surface area contributed by atoms with Crippen molar-refractivity contribution in [3.63, 3.8) is 0 Å². The number of hydrogen-bond acceptors (Lipinski definition) is 4. The summed E-state index contributed by atoms with van der Waals surface area (Å²) in [6.07, 6.45) is 4.06. The Balaban J connectivity index is 1.84. The van der Waals surface area contributed by atoms with E-state index in [0.29, 0.717) is 5.69 Å². The third kappa shape index (κ3) is 4.77. The molecule has 1 saturated heterocycles. The summed E-state index contributed by atoms with van der Waals surface area (Å²) in [5.74, 6) is -0.687. The second-order valence-corrected chi connectivity index (χ2v) is 5.16. The number of esters is 1. The van der Waals surface area contributed by atoms with Crippen molar-refractivity contribution in [3.8, 4) is 0 Å². The Kier molecular flexibility index (Phi) is 5.60. The lowest BCUT2D eigenvalue weighted by atomic mass is 10.1. The molecule has 0 radical (unpaired) electrons. The highest BCUT2D eigenvalue weighted by Crippen LogP contribution is 2.21. The molecule has 21 heavy (non-hydrogen) atoms. The number of nitrogens with zero attached hydrogens (tertiary/aromatic N) is 1. The molecular weight excluding hydrogens is 268 g/mol. The lowest BCUT2D eigenvalue weighted by molar-refractivity contribution is -0.146. The van der Waals surface area contributed by atoms with Gasteiger partial charge in [0, 0.05) is 30.9 Å². The van der Waals surface area contributed by atoms with Gasteiger partial charge >= 0.3 is 5.97 Å². The van der Waals surface area contributed by atoms with Gasteiger partial charge in [-0.2, -0.15) is 0 Å². The van der Waals surface area contributed by atoms with Crippen molar-refractivity contribution in [2.45, 2.75) is 32.6 Å². The predicted molar refractivity (Wildman–Crippen MR) is 82.4 cm³/mol. The van der Waals surface area contributed by atoms with Crippen LogP contribution in [0.3, 0.4) is 0 Å². The largest absolute Gasteiger partial charge is 0.456 e. The number of rotatable bonds is 5. The van der Waals surface area contributed by atoms with E-state index in [9.17, 15) is 9.59 Å². The standard InChI is InChI=1S/C16H22N2O3/c1-2-16(20)21-12-15(19)17-13-6-8-14(9-7-13)18-10-4-3-5-11-18/h6-9H,2-5,10-12H2,1H3,(H,17,19). The van der Waals surface area contributed by atoms with Gasteiger partial charge in [0.1, 0.15) is 0 Å². The van der Waals surface area contributed by atoms with Crippen molar-refractivity contribution in [1.82, 2.24) is 0 Å². The van der Waals surface area contributed by atoms with Gasteiger partial charge < -0.3 is 15.0 Å². The molecule has 1 aliphatic heterocycles. The van der Waals surface area contributed by atoms with Crippen molar-refractivity contribution in [1.29, 1.82) is 0 Å². The minimum atomic E-state index is -0.370. The van der Waals surface area contributed by atoms with E-state index >= 15 is 0 Å². The highest BCUT2D eigenvalue weighted by Gasteiger charge is 2.11. The van der Waals surface area contributed by atoms with Crippen LogP contribution in [0.1, 0.15) is 32.6 Å². The first kappa shape index (κ1) is 15.4. The zero-order valence-corrected chi connectivity index (χ0v) is 12.4. The first-order valence-corrected chi connectivity index (χ1v) is 7.49. The summed E-state index contributed by atoms with van der Waals surface area (Å²) in [5.41, 5.74) is 1.90. The lowest BCUT2D eigenvalue weighted by Gasteiger charge is -2.28. The normalized spacial score (nSPS) is 14.6. The number of piperidine rings is 1. The molecule has 1 aromatic carbocycles. The van der Waals surface area contributed by atoms with Crippen LogP contribution in [0.25, 0.3) is 0 Å². The third-order valence-corrected chi connectivity index (χ3v) is 3.53. The van der Waals surface area contributed by atoms with Crippen molar-refractivity contribution in [2.24, 2.45) is 0 Å². The molecule has 1 amide bonds. The van der Waals surface area contributed by atoms with Crippen LogP contribution in [0.5, 0.6) is 0 Å². The number of anilines is 2. The number of nitrogens with one attached hydrogen (secondary N) is 1. The molecule has 0 aromatic heterocycles. The molecule has 1 heterocycles. The first-order valence-electron chi connectivity index (χ1n) is 7.49. The van der Waals surface area contributed by atoms with Gasteiger partial charge in [0.2, 0.25) is 0 Å². The van der Waals surface area contributed by atoms with E-state index in [1.165, 1.54) is 24.9 Å². The van der Waals surface area contributed by atoms with Crippen LogP contribution in [0.2, 0.25) is 0 Å². The topological polar surface area (TPSA) is 58.6 Å². The van der Waals surface area contributed by atoms with E-state index in [4.69, 9.17) is 4.74 Å². The second-order valence-electron chi connectivity index (χ2n) is 5.16. The summed E-state index contributed by atoms with van der Waals surface area (Å²) in [6, 6.07) is 7.78. The lowest BCUT2D eigenvalue weighted by Crippen LogP contribution is -2.29. The quantitative estimate of drug-likeness (QED) is 0.847. The van der Waals surface area contributed by atoms with Crippen LogP contribution in [0.4, 0.5) is 11.4 Å². The summed E-state index contributed by atoms with van der Waals surface area (Å²) in [5, 5.41) is 2.72. The summed E-state index contributed by atoms with van der Waals surface area (Å²) >= 11 is 0. The predicted octanol–water partition coefficient (Wildman–Crippen LogP) is 2.57. The van der Waals surface area contributed by atoms with E-state index in [0.717, 1.165) is 13.1 Å². The SMILES string of the molecule is CCC(=O)OCC(=O)Nc1ccc(N2CCCCC2)cc1. The van der Waals surface area contributed by atoms with Gasteiger partial charge in [-0.1, -0.05) is 6.92 Å². The molecule has 0 aliphatic carbocycles. The summed E-state index contributed by atoms with van der Waals surface area (Å²) in [6.45, 7) is 3.65. The zero-order chi connectivity index (χ0) is 15.1. The Morgan fingerprint density at radius 2 is 1.81 bits per heavy atom. The van der Waals surface area contributed by atoms with Gasteiger partial charge in [-0.15, -0.1) is 0 Å². The second kappa shape index (κ2) is 7.67. The van der Waals surface area contributed by atoms with Crippen molar-refractivity contribution >= 4 is 23.3 Å². The van der Waals surface area contributed by atoms with Crippen molar-refractivity contribution < 1.29 is 14.3 Å². The molecule has 1 N–H and O–H groups in total. The van der Waals surface area contributed by atoms with Crippen LogP contribution in [-0.4, -0.2) is 31.6 Å². The molecule has 2 rings (SSSR count). The van der Waals surface area contributed by atoms with Crippen molar-refractivity contribution in [3.05, 3.63) is 24.3 Å². The fourth-order valence-corrected chi connectivity index (χ4v) is 2.35. The molecule has 5 nitrogen and oxygen atoms in total. The zero-order valence-electron chi connectivity index (χ0n) is 12.4. The maximum atomic E-state index is 11.6. The van der Waals surface area contributed by atoms with E-state index in [1.807, 2.05) is 24.3 Å². The summed E-state index contributed by atoms with van der Waals surface area (Å²) in [7, 11) is 0. The van der Waals surface area contributed by atoms with Gasteiger partial charge in [-0.3, -0.25) is 9.59 Å². The molecule has 1 aliphatic rings. The van der Waals surface area contributed by atoms with Gasteiger partial charge in [0.05, 0.1) is 0 Å². The molecule has 1 fully saturated rings. The van der Waals surface area contributed by atoms with Gasteiger partial charge in [-0.05, 0) is 43.5 Å². The number of carbonyl (C=O) groups is 2. The fraction of sp³-hybridized carbons (Fsp3) is 0.500.